The molecule has 0 atom stereocenters. The fraction of sp³-hybridized carbons (Fsp3) is 0.286. The SMILES string of the molecule is NS(=O)(=O)c1cc(C(F)(F)F)c([N+](=O)[O-])c(C(F)F)n1. The van der Waals surface area contributed by atoms with Crippen LogP contribution >= 0.6 is 0 Å². The number of nitro groups is 1. The molecule has 0 fully saturated rings. The van der Waals surface area contributed by atoms with Crippen molar-refractivity contribution in [3.05, 3.63) is 27.4 Å². The molecule has 0 aliphatic carbocycles. The fourth-order valence-corrected chi connectivity index (χ4v) is 1.75. The molecular weight excluding hydrogens is 317 g/mol. The Kier molecular flexibility index (Phi) is 3.96. The van der Waals surface area contributed by atoms with E-state index < -0.39 is 49.5 Å². The predicted octanol–water partition coefficient (Wildman–Crippen LogP) is 1.59. The van der Waals surface area contributed by atoms with Gasteiger partial charge in [0, 0.05) is 0 Å². The number of alkyl halides is 5. The maximum absolute atomic E-state index is 12.6. The Morgan fingerprint density at radius 2 is 1.85 bits per heavy atom. The zero-order chi connectivity index (χ0) is 15.9. The van der Waals surface area contributed by atoms with Crippen LogP contribution in [0.25, 0.3) is 0 Å². The van der Waals surface area contributed by atoms with Crippen LogP contribution in [0, 0.1) is 10.1 Å². The van der Waals surface area contributed by atoms with Crippen molar-refractivity contribution in [2.24, 2.45) is 5.14 Å². The summed E-state index contributed by atoms with van der Waals surface area (Å²) in [6.45, 7) is 0. The monoisotopic (exact) mass is 321 g/mol. The second-order valence-corrected chi connectivity index (χ2v) is 4.85. The number of sulfonamides is 1. The van der Waals surface area contributed by atoms with Crippen molar-refractivity contribution >= 4 is 15.7 Å². The molecule has 0 aliphatic heterocycles. The molecule has 0 amide bonds. The standard InChI is InChI=1S/C7H4F5N3O4S/c8-6(9)4-5(15(16)17)2(7(10,11)12)1-3(14-4)20(13,18)19/h1,6H,(H2,13,18,19). The maximum Gasteiger partial charge on any atom is 0.423 e. The van der Waals surface area contributed by atoms with Gasteiger partial charge in [-0.25, -0.2) is 27.3 Å². The van der Waals surface area contributed by atoms with E-state index in [9.17, 15) is 40.5 Å². The minimum absolute atomic E-state index is 0.265. The number of nitrogens with zero attached hydrogens (tertiary/aromatic N) is 2. The zero-order valence-electron chi connectivity index (χ0n) is 9.06. The molecule has 0 spiro atoms. The average molecular weight is 321 g/mol. The van der Waals surface area contributed by atoms with Crippen molar-refractivity contribution in [1.82, 2.24) is 4.98 Å². The van der Waals surface area contributed by atoms with E-state index in [1.165, 1.54) is 0 Å². The molecule has 112 valence electrons. The molecular formula is C7H4F5N3O4S. The highest BCUT2D eigenvalue weighted by molar-refractivity contribution is 7.89. The lowest BCUT2D eigenvalue weighted by atomic mass is 10.1. The summed E-state index contributed by atoms with van der Waals surface area (Å²) in [6.07, 6.45) is -9.23. The third kappa shape index (κ3) is 3.16. The highest BCUT2D eigenvalue weighted by atomic mass is 32.2. The number of rotatable bonds is 3. The first-order valence-corrected chi connectivity index (χ1v) is 5.97. The first-order valence-electron chi connectivity index (χ1n) is 4.43. The normalized spacial score (nSPS) is 12.8. The molecule has 13 heteroatoms. The molecule has 0 radical (unpaired) electrons. The minimum atomic E-state index is -5.44. The number of primary sulfonamides is 1. The molecule has 0 aromatic carbocycles. The molecule has 1 aromatic rings. The van der Waals surface area contributed by atoms with Crippen LogP contribution < -0.4 is 5.14 Å². The molecule has 0 saturated carbocycles. The van der Waals surface area contributed by atoms with E-state index in [0.29, 0.717) is 0 Å². The highest BCUT2D eigenvalue weighted by Crippen LogP contribution is 2.40. The van der Waals surface area contributed by atoms with Gasteiger partial charge in [0.15, 0.2) is 10.7 Å². The van der Waals surface area contributed by atoms with Gasteiger partial charge in [0.1, 0.15) is 5.56 Å². The lowest BCUT2D eigenvalue weighted by Crippen LogP contribution is -2.19. The summed E-state index contributed by atoms with van der Waals surface area (Å²) >= 11 is 0. The second-order valence-electron chi connectivity index (χ2n) is 3.34. The Morgan fingerprint density at radius 1 is 1.35 bits per heavy atom. The van der Waals surface area contributed by atoms with Gasteiger partial charge in [-0.05, 0) is 6.07 Å². The third-order valence-corrected chi connectivity index (χ3v) is 2.77. The van der Waals surface area contributed by atoms with Crippen molar-refractivity contribution in [2.75, 3.05) is 0 Å². The molecule has 7 nitrogen and oxygen atoms in total. The van der Waals surface area contributed by atoms with Crippen molar-refractivity contribution in [3.8, 4) is 0 Å². The number of hydrogen-bond donors (Lipinski definition) is 1. The Hall–Kier alpha value is -1.89. The number of hydrogen-bond acceptors (Lipinski definition) is 5. The van der Waals surface area contributed by atoms with Crippen molar-refractivity contribution in [2.45, 2.75) is 17.6 Å². The van der Waals surface area contributed by atoms with Crippen LogP contribution in [0.15, 0.2) is 11.1 Å². The zero-order valence-corrected chi connectivity index (χ0v) is 9.87. The molecule has 0 unspecified atom stereocenters. The Labute approximate surface area is 107 Å². The molecule has 0 bridgehead atoms. The lowest BCUT2D eigenvalue weighted by Gasteiger charge is -2.11. The molecule has 0 saturated heterocycles. The van der Waals surface area contributed by atoms with Gasteiger partial charge < -0.3 is 0 Å². The number of nitrogens with two attached hydrogens (primary N) is 1. The van der Waals surface area contributed by atoms with E-state index in [-0.39, 0.29) is 6.07 Å². The van der Waals surface area contributed by atoms with Gasteiger partial charge in [-0.2, -0.15) is 13.2 Å². The largest absolute Gasteiger partial charge is 0.423 e. The summed E-state index contributed by atoms with van der Waals surface area (Å²) in [7, 11) is -4.85. The fourth-order valence-electron chi connectivity index (χ4n) is 1.24. The summed E-state index contributed by atoms with van der Waals surface area (Å²) in [4.78, 5) is 11.4. The van der Waals surface area contributed by atoms with Crippen LogP contribution in [-0.4, -0.2) is 18.3 Å². The quantitative estimate of drug-likeness (QED) is 0.515. The van der Waals surface area contributed by atoms with E-state index in [0.717, 1.165) is 0 Å². The van der Waals surface area contributed by atoms with E-state index >= 15 is 0 Å². The van der Waals surface area contributed by atoms with Gasteiger partial charge in [-0.15, -0.1) is 0 Å². The van der Waals surface area contributed by atoms with Gasteiger partial charge in [-0.3, -0.25) is 10.1 Å². The van der Waals surface area contributed by atoms with Crippen LogP contribution in [0.3, 0.4) is 0 Å². The molecule has 1 rings (SSSR count). The highest BCUT2D eigenvalue weighted by Gasteiger charge is 2.43. The Bertz CT molecular complexity index is 657. The average Bonchev–Trinajstić information content (AvgIpc) is 2.24. The van der Waals surface area contributed by atoms with E-state index in [1.54, 1.807) is 0 Å². The molecule has 1 aromatic heterocycles. The number of aromatic nitrogens is 1. The Balaban J connectivity index is 3.88. The smallest absolute Gasteiger partial charge is 0.258 e. The molecule has 2 N–H and O–H groups in total. The van der Waals surface area contributed by atoms with Gasteiger partial charge in [-0.1, -0.05) is 0 Å². The molecule has 1 heterocycles. The minimum Gasteiger partial charge on any atom is -0.258 e. The van der Waals surface area contributed by atoms with Crippen molar-refractivity contribution in [3.63, 3.8) is 0 Å². The first-order chi connectivity index (χ1) is 8.85. The van der Waals surface area contributed by atoms with E-state index in [2.05, 4.69) is 10.1 Å². The van der Waals surface area contributed by atoms with Gasteiger partial charge in [0.05, 0.1) is 4.92 Å². The number of pyridine rings is 1. The summed E-state index contributed by atoms with van der Waals surface area (Å²) in [5.41, 5.74) is -6.11. The topological polar surface area (TPSA) is 116 Å². The van der Waals surface area contributed by atoms with Crippen LogP contribution in [0.2, 0.25) is 0 Å². The Morgan fingerprint density at radius 3 is 2.15 bits per heavy atom. The van der Waals surface area contributed by atoms with Gasteiger partial charge in [0.2, 0.25) is 0 Å². The van der Waals surface area contributed by atoms with Crippen LogP contribution in [0.5, 0.6) is 0 Å². The van der Waals surface area contributed by atoms with E-state index in [4.69, 9.17) is 0 Å². The van der Waals surface area contributed by atoms with Crippen LogP contribution in [0.1, 0.15) is 17.7 Å². The lowest BCUT2D eigenvalue weighted by molar-refractivity contribution is -0.389. The number of halogens is 5. The van der Waals surface area contributed by atoms with Crippen LogP contribution in [-0.2, 0) is 16.2 Å². The van der Waals surface area contributed by atoms with Crippen LogP contribution in [0.4, 0.5) is 27.6 Å². The van der Waals surface area contributed by atoms with Gasteiger partial charge >= 0.3 is 11.9 Å². The van der Waals surface area contributed by atoms with E-state index in [1.807, 2.05) is 0 Å². The summed E-state index contributed by atoms with van der Waals surface area (Å²) in [5.74, 6) is 0. The maximum atomic E-state index is 12.6. The third-order valence-electron chi connectivity index (χ3n) is 1.98. The first kappa shape index (κ1) is 16.2. The summed E-state index contributed by atoms with van der Waals surface area (Å²) < 4.78 is 84.7. The van der Waals surface area contributed by atoms with Gasteiger partial charge in [0.25, 0.3) is 16.4 Å². The second kappa shape index (κ2) is 4.90. The molecule has 0 aliphatic rings. The predicted molar refractivity (Wildman–Crippen MR) is 52.2 cm³/mol. The summed E-state index contributed by atoms with van der Waals surface area (Å²) in [5, 5.41) is 13.5. The van der Waals surface area contributed by atoms with Crippen molar-refractivity contribution in [1.29, 1.82) is 0 Å². The van der Waals surface area contributed by atoms with Crippen molar-refractivity contribution < 1.29 is 35.3 Å². The summed E-state index contributed by atoms with van der Waals surface area (Å²) in [6, 6.07) is -0.265. The molecule has 20 heavy (non-hydrogen) atoms.